The van der Waals surface area contributed by atoms with Crippen LogP contribution >= 0.6 is 0 Å². The molecule has 0 saturated heterocycles. The maximum absolute atomic E-state index is 12.9. The number of hydrogen-bond donors (Lipinski definition) is 2. The van der Waals surface area contributed by atoms with E-state index < -0.39 is 11.4 Å². The number of para-hydroxylation sites is 2. The zero-order chi connectivity index (χ0) is 21.0. The van der Waals surface area contributed by atoms with Gasteiger partial charge in [0.25, 0.3) is 0 Å². The van der Waals surface area contributed by atoms with E-state index in [1.807, 2.05) is 19.9 Å². The fourth-order valence-corrected chi connectivity index (χ4v) is 2.91. The highest BCUT2D eigenvalue weighted by Gasteiger charge is 2.56. The average molecular weight is 396 g/mol. The normalized spacial score (nSPS) is 14.1. The number of amides is 2. The molecule has 0 atom stereocenters. The van der Waals surface area contributed by atoms with E-state index in [9.17, 15) is 14.4 Å². The Morgan fingerprint density at radius 3 is 2.14 bits per heavy atom. The van der Waals surface area contributed by atoms with Gasteiger partial charge in [0, 0.05) is 5.69 Å². The second-order valence-corrected chi connectivity index (χ2v) is 7.22. The Labute approximate surface area is 169 Å². The molecule has 2 aromatic rings. The van der Waals surface area contributed by atoms with E-state index in [0.717, 1.165) is 0 Å². The summed E-state index contributed by atoms with van der Waals surface area (Å²) in [5.74, 6) is -0.627. The Bertz CT molecular complexity index is 917. The highest BCUT2D eigenvalue weighted by Crippen LogP contribution is 2.48. The number of ether oxygens (including phenoxy) is 2. The second-order valence-electron chi connectivity index (χ2n) is 7.22. The SMILES string of the molecule is COC(=O)c1ccc(NC(=O)C2(C(=O)Nc3ccccc3OC(C)C)CC2)cc1. The molecule has 152 valence electrons. The molecule has 1 aliphatic carbocycles. The minimum atomic E-state index is -1.11. The Kier molecular flexibility index (Phi) is 5.87. The van der Waals surface area contributed by atoms with Crippen molar-refractivity contribution in [3.8, 4) is 5.75 Å². The number of anilines is 2. The molecule has 0 bridgehead atoms. The molecule has 3 rings (SSSR count). The first-order valence-electron chi connectivity index (χ1n) is 9.43. The maximum Gasteiger partial charge on any atom is 0.337 e. The lowest BCUT2D eigenvalue weighted by Gasteiger charge is -2.18. The van der Waals surface area contributed by atoms with E-state index in [2.05, 4.69) is 15.4 Å². The molecule has 7 nitrogen and oxygen atoms in total. The Balaban J connectivity index is 1.69. The lowest BCUT2D eigenvalue weighted by Crippen LogP contribution is -2.35. The first-order valence-corrected chi connectivity index (χ1v) is 9.43. The van der Waals surface area contributed by atoms with Crippen molar-refractivity contribution in [1.82, 2.24) is 0 Å². The van der Waals surface area contributed by atoms with Gasteiger partial charge < -0.3 is 20.1 Å². The Hall–Kier alpha value is -3.35. The summed E-state index contributed by atoms with van der Waals surface area (Å²) in [6, 6.07) is 13.5. The molecule has 0 aromatic heterocycles. The Morgan fingerprint density at radius 1 is 0.931 bits per heavy atom. The second kappa shape index (κ2) is 8.34. The number of benzene rings is 2. The summed E-state index contributed by atoms with van der Waals surface area (Å²) in [5.41, 5.74) is 0.315. The fraction of sp³-hybridized carbons (Fsp3) is 0.318. The van der Waals surface area contributed by atoms with Gasteiger partial charge in [-0.25, -0.2) is 4.79 Å². The fourth-order valence-electron chi connectivity index (χ4n) is 2.91. The predicted octanol–water partition coefficient (Wildman–Crippen LogP) is 3.62. The molecule has 1 saturated carbocycles. The maximum atomic E-state index is 12.9. The van der Waals surface area contributed by atoms with E-state index in [1.165, 1.54) is 7.11 Å². The van der Waals surface area contributed by atoms with E-state index >= 15 is 0 Å². The summed E-state index contributed by atoms with van der Waals surface area (Å²) in [7, 11) is 1.30. The van der Waals surface area contributed by atoms with Crippen molar-refractivity contribution in [1.29, 1.82) is 0 Å². The van der Waals surface area contributed by atoms with Crippen molar-refractivity contribution in [3.05, 3.63) is 54.1 Å². The molecule has 29 heavy (non-hydrogen) atoms. The van der Waals surface area contributed by atoms with Gasteiger partial charge >= 0.3 is 5.97 Å². The highest BCUT2D eigenvalue weighted by molar-refractivity contribution is 6.17. The van der Waals surface area contributed by atoms with Gasteiger partial charge in [0.2, 0.25) is 11.8 Å². The average Bonchev–Trinajstić information content (AvgIpc) is 3.51. The number of rotatable bonds is 7. The van der Waals surface area contributed by atoms with Gasteiger partial charge in [0.05, 0.1) is 24.5 Å². The van der Waals surface area contributed by atoms with E-state index in [0.29, 0.717) is 35.5 Å². The first-order chi connectivity index (χ1) is 13.9. The van der Waals surface area contributed by atoms with Gasteiger partial charge in [0.15, 0.2) is 0 Å². The predicted molar refractivity (Wildman–Crippen MR) is 109 cm³/mol. The van der Waals surface area contributed by atoms with Crippen LogP contribution in [-0.2, 0) is 14.3 Å². The van der Waals surface area contributed by atoms with Crippen molar-refractivity contribution < 1.29 is 23.9 Å². The number of carbonyl (C=O) groups excluding carboxylic acids is 3. The molecule has 2 aromatic carbocycles. The van der Waals surface area contributed by atoms with Crippen molar-refractivity contribution in [2.45, 2.75) is 32.8 Å². The van der Waals surface area contributed by atoms with Crippen LogP contribution in [0, 0.1) is 5.41 Å². The van der Waals surface area contributed by atoms with Crippen LogP contribution in [-0.4, -0.2) is 31.0 Å². The largest absolute Gasteiger partial charge is 0.489 e. The van der Waals surface area contributed by atoms with Crippen LogP contribution in [0.2, 0.25) is 0 Å². The summed E-state index contributed by atoms with van der Waals surface area (Å²) in [6.07, 6.45) is 0.898. The van der Waals surface area contributed by atoms with Gasteiger partial charge in [-0.2, -0.15) is 0 Å². The lowest BCUT2D eigenvalue weighted by atomic mass is 10.0. The topological polar surface area (TPSA) is 93.7 Å². The quantitative estimate of drug-likeness (QED) is 0.551. The number of methoxy groups -OCH3 is 1. The third-order valence-electron chi connectivity index (χ3n) is 4.68. The summed E-state index contributed by atoms with van der Waals surface area (Å²) in [6.45, 7) is 3.81. The van der Waals surface area contributed by atoms with Gasteiger partial charge in [-0.1, -0.05) is 12.1 Å². The van der Waals surface area contributed by atoms with Crippen LogP contribution in [0.3, 0.4) is 0 Å². The zero-order valence-corrected chi connectivity index (χ0v) is 16.7. The van der Waals surface area contributed by atoms with Gasteiger partial charge in [-0.3, -0.25) is 9.59 Å². The van der Waals surface area contributed by atoms with Crippen LogP contribution < -0.4 is 15.4 Å². The van der Waals surface area contributed by atoms with Crippen molar-refractivity contribution >= 4 is 29.2 Å². The van der Waals surface area contributed by atoms with Crippen LogP contribution in [0.15, 0.2) is 48.5 Å². The Morgan fingerprint density at radius 2 is 1.55 bits per heavy atom. The molecule has 0 radical (unpaired) electrons. The molecule has 0 heterocycles. The van der Waals surface area contributed by atoms with Gasteiger partial charge in [0.1, 0.15) is 11.2 Å². The molecule has 7 heteroatoms. The molecule has 2 N–H and O–H groups in total. The summed E-state index contributed by atoms with van der Waals surface area (Å²) < 4.78 is 10.4. The van der Waals surface area contributed by atoms with Gasteiger partial charge in [-0.15, -0.1) is 0 Å². The summed E-state index contributed by atoms with van der Waals surface area (Å²) in [4.78, 5) is 37.1. The van der Waals surface area contributed by atoms with Crippen LogP contribution in [0.5, 0.6) is 5.75 Å². The monoisotopic (exact) mass is 396 g/mol. The smallest absolute Gasteiger partial charge is 0.337 e. The van der Waals surface area contributed by atoms with Crippen LogP contribution in [0.25, 0.3) is 0 Å². The number of esters is 1. The van der Waals surface area contributed by atoms with Crippen LogP contribution in [0.1, 0.15) is 37.0 Å². The number of hydrogen-bond acceptors (Lipinski definition) is 5. The number of nitrogens with one attached hydrogen (secondary N) is 2. The minimum absolute atomic E-state index is 0.0424. The van der Waals surface area contributed by atoms with Crippen molar-refractivity contribution in [2.24, 2.45) is 5.41 Å². The highest BCUT2D eigenvalue weighted by atomic mass is 16.5. The molecule has 1 fully saturated rings. The summed E-state index contributed by atoms with van der Waals surface area (Å²) in [5, 5.41) is 5.59. The van der Waals surface area contributed by atoms with E-state index in [1.54, 1.807) is 42.5 Å². The van der Waals surface area contributed by atoms with E-state index in [-0.39, 0.29) is 17.9 Å². The third-order valence-corrected chi connectivity index (χ3v) is 4.68. The lowest BCUT2D eigenvalue weighted by molar-refractivity contribution is -0.131. The van der Waals surface area contributed by atoms with Gasteiger partial charge in [-0.05, 0) is 63.1 Å². The minimum Gasteiger partial charge on any atom is -0.489 e. The number of carbonyl (C=O) groups is 3. The van der Waals surface area contributed by atoms with Crippen molar-refractivity contribution in [3.63, 3.8) is 0 Å². The molecule has 1 aliphatic rings. The molecule has 0 aliphatic heterocycles. The standard InChI is InChI=1S/C22H24N2O5/c1-14(2)29-18-7-5-4-6-17(18)24-21(27)22(12-13-22)20(26)23-16-10-8-15(9-11-16)19(25)28-3/h4-11,14H,12-13H2,1-3H3,(H,23,26)(H,24,27). The molecule has 2 amide bonds. The first kappa shape index (κ1) is 20.4. The third kappa shape index (κ3) is 4.56. The zero-order valence-electron chi connectivity index (χ0n) is 16.7. The van der Waals surface area contributed by atoms with Crippen LogP contribution in [0.4, 0.5) is 11.4 Å². The van der Waals surface area contributed by atoms with Crippen molar-refractivity contribution in [2.75, 3.05) is 17.7 Å². The summed E-state index contributed by atoms with van der Waals surface area (Å²) >= 11 is 0. The molecular formula is C22H24N2O5. The molecular weight excluding hydrogens is 372 g/mol. The van der Waals surface area contributed by atoms with E-state index in [4.69, 9.17) is 4.74 Å². The molecule has 0 spiro atoms. The molecule has 0 unspecified atom stereocenters.